The van der Waals surface area contributed by atoms with Crippen molar-refractivity contribution >= 4 is 50.5 Å². The summed E-state index contributed by atoms with van der Waals surface area (Å²) in [7, 11) is -4.41. The SMILES string of the molecule is CC(C)(C)NC(=O)CN(c1ccc(Cl)cc1)S(=O)(=O)c1cc([N+](=O)[O-])ccc1Cl. The van der Waals surface area contributed by atoms with Crippen LogP contribution in [0.15, 0.2) is 47.4 Å². The van der Waals surface area contributed by atoms with Gasteiger partial charge in [0.05, 0.1) is 15.6 Å². The molecule has 0 fully saturated rings. The molecule has 8 nitrogen and oxygen atoms in total. The molecule has 0 atom stereocenters. The van der Waals surface area contributed by atoms with Crippen LogP contribution in [-0.4, -0.2) is 31.3 Å². The smallest absolute Gasteiger partial charge is 0.270 e. The average Bonchev–Trinajstić information content (AvgIpc) is 2.59. The first-order valence-corrected chi connectivity index (χ1v) is 10.5. The summed E-state index contributed by atoms with van der Waals surface area (Å²) in [5, 5.41) is 13.9. The molecular formula is C18H19Cl2N3O5S. The third-order valence-electron chi connectivity index (χ3n) is 3.61. The Bertz CT molecular complexity index is 1030. The Morgan fingerprint density at radius 1 is 1.14 bits per heavy atom. The highest BCUT2D eigenvalue weighted by molar-refractivity contribution is 7.93. The van der Waals surface area contributed by atoms with Gasteiger partial charge in [-0.1, -0.05) is 23.2 Å². The Hall–Kier alpha value is -2.36. The number of halogens is 2. The summed E-state index contributed by atoms with van der Waals surface area (Å²) in [6.45, 7) is 4.70. The van der Waals surface area contributed by atoms with Gasteiger partial charge in [0.2, 0.25) is 5.91 Å². The van der Waals surface area contributed by atoms with Crippen LogP contribution in [0.5, 0.6) is 0 Å². The van der Waals surface area contributed by atoms with E-state index in [1.54, 1.807) is 20.8 Å². The van der Waals surface area contributed by atoms with Crippen molar-refractivity contribution in [2.24, 2.45) is 0 Å². The second kappa shape index (κ2) is 8.56. The quantitative estimate of drug-likeness (QED) is 0.518. The Morgan fingerprint density at radius 3 is 2.24 bits per heavy atom. The van der Waals surface area contributed by atoms with E-state index in [0.29, 0.717) is 5.02 Å². The van der Waals surface area contributed by atoms with Crippen molar-refractivity contribution < 1.29 is 18.1 Å². The number of nitro groups is 1. The van der Waals surface area contributed by atoms with Crippen molar-refractivity contribution in [1.29, 1.82) is 0 Å². The molecular weight excluding hydrogens is 441 g/mol. The first kappa shape index (κ1) is 22.9. The van der Waals surface area contributed by atoms with Crippen LogP contribution >= 0.6 is 23.2 Å². The Morgan fingerprint density at radius 2 is 1.72 bits per heavy atom. The lowest BCUT2D eigenvalue weighted by atomic mass is 10.1. The molecule has 0 saturated heterocycles. The third kappa shape index (κ3) is 5.81. The maximum Gasteiger partial charge on any atom is 0.270 e. The lowest BCUT2D eigenvalue weighted by Crippen LogP contribution is -2.47. The van der Waals surface area contributed by atoms with E-state index in [2.05, 4.69) is 5.32 Å². The van der Waals surface area contributed by atoms with Crippen molar-refractivity contribution in [2.45, 2.75) is 31.2 Å². The monoisotopic (exact) mass is 459 g/mol. The maximum atomic E-state index is 13.3. The van der Waals surface area contributed by atoms with Crippen molar-refractivity contribution in [3.05, 3.63) is 62.6 Å². The number of carbonyl (C=O) groups is 1. The van der Waals surface area contributed by atoms with Gasteiger partial charge in [0, 0.05) is 22.7 Å². The van der Waals surface area contributed by atoms with Crippen LogP contribution in [0, 0.1) is 10.1 Å². The number of benzene rings is 2. The summed E-state index contributed by atoms with van der Waals surface area (Å²) < 4.78 is 27.5. The van der Waals surface area contributed by atoms with Crippen molar-refractivity contribution in [1.82, 2.24) is 5.32 Å². The van der Waals surface area contributed by atoms with E-state index in [1.807, 2.05) is 0 Å². The van der Waals surface area contributed by atoms with Crippen molar-refractivity contribution in [2.75, 3.05) is 10.8 Å². The fourth-order valence-electron chi connectivity index (χ4n) is 2.43. The predicted octanol–water partition coefficient (Wildman–Crippen LogP) is 4.01. The molecule has 1 N–H and O–H groups in total. The summed E-state index contributed by atoms with van der Waals surface area (Å²) >= 11 is 11.9. The van der Waals surface area contributed by atoms with Crippen LogP contribution in [0.25, 0.3) is 0 Å². The molecule has 0 aromatic heterocycles. The highest BCUT2D eigenvalue weighted by Gasteiger charge is 2.31. The number of sulfonamides is 1. The summed E-state index contributed by atoms with van der Waals surface area (Å²) in [6.07, 6.45) is 0. The molecule has 2 aromatic carbocycles. The number of hydrogen-bond donors (Lipinski definition) is 1. The molecule has 0 aliphatic heterocycles. The molecule has 29 heavy (non-hydrogen) atoms. The van der Waals surface area contributed by atoms with Gasteiger partial charge in [-0.15, -0.1) is 0 Å². The van der Waals surface area contributed by atoms with Crippen LogP contribution in [0.2, 0.25) is 10.0 Å². The van der Waals surface area contributed by atoms with Gasteiger partial charge in [0.15, 0.2) is 0 Å². The highest BCUT2D eigenvalue weighted by Crippen LogP contribution is 2.31. The Balaban J connectivity index is 2.57. The standard InChI is InChI=1S/C18H19Cl2N3O5S/c1-18(2,3)21-17(24)11-22(13-6-4-12(19)5-7-13)29(27,28)16-10-14(23(25)26)8-9-15(16)20/h4-10H,11H2,1-3H3,(H,21,24). The number of nitro benzene ring substituents is 1. The minimum absolute atomic E-state index is 0.154. The first-order valence-electron chi connectivity index (χ1n) is 8.34. The Labute approximate surface area is 178 Å². The minimum atomic E-state index is -4.41. The zero-order valence-corrected chi connectivity index (χ0v) is 18.2. The maximum absolute atomic E-state index is 13.3. The highest BCUT2D eigenvalue weighted by atomic mass is 35.5. The van der Waals surface area contributed by atoms with Crippen molar-refractivity contribution in [3.63, 3.8) is 0 Å². The average molecular weight is 460 g/mol. The van der Waals surface area contributed by atoms with Crippen LogP contribution in [0.4, 0.5) is 11.4 Å². The van der Waals surface area contributed by atoms with E-state index < -0.39 is 43.5 Å². The molecule has 0 bridgehead atoms. The summed E-state index contributed by atoms with van der Waals surface area (Å²) in [6, 6.07) is 8.88. The number of rotatable bonds is 6. The molecule has 2 aromatic rings. The van der Waals surface area contributed by atoms with Gasteiger partial charge >= 0.3 is 0 Å². The number of nitrogens with zero attached hydrogens (tertiary/aromatic N) is 2. The van der Waals surface area contributed by atoms with E-state index >= 15 is 0 Å². The van der Waals surface area contributed by atoms with Crippen LogP contribution in [0.3, 0.4) is 0 Å². The van der Waals surface area contributed by atoms with Crippen LogP contribution in [0.1, 0.15) is 20.8 Å². The normalized spacial score (nSPS) is 11.8. The van der Waals surface area contributed by atoms with Gasteiger partial charge in [-0.25, -0.2) is 8.42 Å². The fourth-order valence-corrected chi connectivity index (χ4v) is 4.48. The largest absolute Gasteiger partial charge is 0.350 e. The minimum Gasteiger partial charge on any atom is -0.350 e. The van der Waals surface area contributed by atoms with E-state index in [-0.39, 0.29) is 10.7 Å². The molecule has 0 saturated carbocycles. The number of anilines is 1. The summed E-state index contributed by atoms with van der Waals surface area (Å²) in [5.41, 5.74) is -0.875. The molecule has 0 unspecified atom stereocenters. The molecule has 0 aliphatic carbocycles. The van der Waals surface area contributed by atoms with Gasteiger partial charge in [-0.3, -0.25) is 19.2 Å². The van der Waals surface area contributed by atoms with E-state index in [4.69, 9.17) is 23.2 Å². The number of non-ortho nitro benzene ring substituents is 1. The number of carbonyl (C=O) groups excluding carboxylic acids is 1. The van der Waals surface area contributed by atoms with Gasteiger partial charge < -0.3 is 5.32 Å². The topological polar surface area (TPSA) is 110 Å². The second-order valence-electron chi connectivity index (χ2n) is 7.16. The Kier molecular flexibility index (Phi) is 6.77. The zero-order chi connectivity index (χ0) is 22.0. The fraction of sp³-hybridized carbons (Fsp3) is 0.278. The van der Waals surface area contributed by atoms with E-state index in [9.17, 15) is 23.3 Å². The van der Waals surface area contributed by atoms with E-state index in [0.717, 1.165) is 22.5 Å². The molecule has 0 radical (unpaired) electrons. The van der Waals surface area contributed by atoms with Gasteiger partial charge in [0.25, 0.3) is 15.7 Å². The first-order chi connectivity index (χ1) is 13.3. The second-order valence-corrected chi connectivity index (χ2v) is 9.83. The lowest BCUT2D eigenvalue weighted by molar-refractivity contribution is -0.385. The summed E-state index contributed by atoms with van der Waals surface area (Å²) in [5.74, 6) is -0.558. The summed E-state index contributed by atoms with van der Waals surface area (Å²) in [4.78, 5) is 22.3. The zero-order valence-electron chi connectivity index (χ0n) is 15.8. The molecule has 11 heteroatoms. The molecule has 0 aliphatic rings. The van der Waals surface area contributed by atoms with Gasteiger partial charge in [-0.2, -0.15) is 0 Å². The lowest BCUT2D eigenvalue weighted by Gasteiger charge is -2.27. The number of hydrogen-bond acceptors (Lipinski definition) is 5. The number of amides is 1. The molecule has 1 amide bonds. The van der Waals surface area contributed by atoms with Crippen LogP contribution in [-0.2, 0) is 14.8 Å². The molecule has 156 valence electrons. The van der Waals surface area contributed by atoms with E-state index in [1.165, 1.54) is 24.3 Å². The molecule has 0 heterocycles. The third-order valence-corrected chi connectivity index (χ3v) is 6.12. The predicted molar refractivity (Wildman–Crippen MR) is 112 cm³/mol. The van der Waals surface area contributed by atoms with Crippen LogP contribution < -0.4 is 9.62 Å². The van der Waals surface area contributed by atoms with Crippen molar-refractivity contribution in [3.8, 4) is 0 Å². The van der Waals surface area contributed by atoms with Gasteiger partial charge in [0.1, 0.15) is 11.4 Å². The molecule has 2 rings (SSSR count). The molecule has 0 spiro atoms. The number of nitrogens with one attached hydrogen (secondary N) is 1. The van der Waals surface area contributed by atoms with Gasteiger partial charge in [-0.05, 0) is 51.1 Å².